The number of nitriles is 1. The minimum absolute atomic E-state index is 0.00289. The minimum atomic E-state index is -0.234. The van der Waals surface area contributed by atoms with Gasteiger partial charge in [-0.3, -0.25) is 4.79 Å². The summed E-state index contributed by atoms with van der Waals surface area (Å²) >= 11 is 3.42. The van der Waals surface area contributed by atoms with Gasteiger partial charge in [0, 0.05) is 21.5 Å². The van der Waals surface area contributed by atoms with Crippen LogP contribution in [0.25, 0.3) is 10.9 Å². The van der Waals surface area contributed by atoms with Crippen LogP contribution in [0.1, 0.15) is 42.3 Å². The van der Waals surface area contributed by atoms with Gasteiger partial charge in [-0.05, 0) is 36.4 Å². The molecule has 0 aliphatic heterocycles. The normalized spacial score (nSPS) is 11.2. The largest absolute Gasteiger partial charge is 0.488 e. The van der Waals surface area contributed by atoms with Gasteiger partial charge in [-0.1, -0.05) is 60.1 Å². The van der Waals surface area contributed by atoms with Crippen LogP contribution in [0.4, 0.5) is 0 Å². The van der Waals surface area contributed by atoms with E-state index < -0.39 is 0 Å². The highest BCUT2D eigenvalue weighted by molar-refractivity contribution is 9.10. The van der Waals surface area contributed by atoms with Gasteiger partial charge >= 0.3 is 0 Å². The third-order valence-electron chi connectivity index (χ3n) is 5.10. The Labute approximate surface area is 199 Å². The van der Waals surface area contributed by atoms with Crippen LogP contribution in [0.15, 0.2) is 81.1 Å². The Morgan fingerprint density at radius 3 is 2.70 bits per heavy atom. The molecule has 1 aromatic heterocycles. The highest BCUT2D eigenvalue weighted by Gasteiger charge is 2.14. The van der Waals surface area contributed by atoms with Crippen molar-refractivity contribution >= 4 is 33.0 Å². The van der Waals surface area contributed by atoms with E-state index in [2.05, 4.69) is 32.1 Å². The van der Waals surface area contributed by atoms with Crippen LogP contribution in [-0.4, -0.2) is 15.9 Å². The van der Waals surface area contributed by atoms with Crippen molar-refractivity contribution in [1.29, 1.82) is 5.26 Å². The molecule has 0 spiro atoms. The van der Waals surface area contributed by atoms with E-state index in [0.717, 1.165) is 10.0 Å². The lowest BCUT2D eigenvalue weighted by Gasteiger charge is -2.13. The van der Waals surface area contributed by atoms with Crippen LogP contribution in [0.2, 0.25) is 0 Å². The monoisotopic (exact) mass is 500 g/mol. The van der Waals surface area contributed by atoms with Crippen LogP contribution in [0, 0.1) is 11.3 Å². The standard InChI is InChI=1S/C26H21BrN4O2/c1-17(2)25-30-23-12-11-21(27)13-22(23)26(32)31(25)29-15-19-8-5-6-10-24(19)33-16-20-9-4-3-7-18(20)14-28/h3-13,15,17H,16H2,1-2H3. The summed E-state index contributed by atoms with van der Waals surface area (Å²) < 4.78 is 8.15. The second-order valence-corrected chi connectivity index (χ2v) is 8.66. The Morgan fingerprint density at radius 2 is 1.91 bits per heavy atom. The summed E-state index contributed by atoms with van der Waals surface area (Å²) in [6.45, 7) is 4.20. The van der Waals surface area contributed by atoms with Gasteiger partial charge in [0.05, 0.1) is 28.8 Å². The second kappa shape index (κ2) is 9.80. The smallest absolute Gasteiger partial charge is 0.282 e. The molecule has 0 saturated heterocycles. The van der Waals surface area contributed by atoms with Crippen LogP contribution in [-0.2, 0) is 6.61 Å². The van der Waals surface area contributed by atoms with Gasteiger partial charge in [-0.2, -0.15) is 15.0 Å². The molecule has 164 valence electrons. The number of para-hydroxylation sites is 1. The molecule has 0 N–H and O–H groups in total. The fourth-order valence-corrected chi connectivity index (χ4v) is 3.76. The lowest BCUT2D eigenvalue weighted by molar-refractivity contribution is 0.305. The van der Waals surface area contributed by atoms with Gasteiger partial charge in [-0.25, -0.2) is 4.98 Å². The number of aromatic nitrogens is 2. The van der Waals surface area contributed by atoms with E-state index in [9.17, 15) is 10.1 Å². The Morgan fingerprint density at radius 1 is 1.15 bits per heavy atom. The molecule has 0 aliphatic carbocycles. The SMILES string of the molecule is CC(C)c1nc2ccc(Br)cc2c(=O)n1N=Cc1ccccc1OCc1ccccc1C#N. The van der Waals surface area contributed by atoms with Crippen molar-refractivity contribution in [2.45, 2.75) is 26.4 Å². The van der Waals surface area contributed by atoms with Crippen molar-refractivity contribution < 1.29 is 4.74 Å². The first-order valence-corrected chi connectivity index (χ1v) is 11.2. The van der Waals surface area contributed by atoms with E-state index in [1.807, 2.05) is 68.4 Å². The Kier molecular flexibility index (Phi) is 6.66. The lowest BCUT2D eigenvalue weighted by Crippen LogP contribution is -2.23. The molecule has 0 bridgehead atoms. The molecule has 0 unspecified atom stereocenters. The van der Waals surface area contributed by atoms with Crippen molar-refractivity contribution in [2.75, 3.05) is 0 Å². The first kappa shape index (κ1) is 22.4. The van der Waals surface area contributed by atoms with Crippen molar-refractivity contribution in [3.8, 4) is 11.8 Å². The number of fused-ring (bicyclic) bond motifs is 1. The third kappa shape index (κ3) is 4.86. The Balaban J connectivity index is 1.70. The molecule has 0 radical (unpaired) electrons. The zero-order valence-electron chi connectivity index (χ0n) is 18.2. The third-order valence-corrected chi connectivity index (χ3v) is 5.60. The first-order chi connectivity index (χ1) is 16.0. The minimum Gasteiger partial charge on any atom is -0.488 e. The fourth-order valence-electron chi connectivity index (χ4n) is 3.40. The average molecular weight is 501 g/mol. The van der Waals surface area contributed by atoms with E-state index in [4.69, 9.17) is 4.74 Å². The summed E-state index contributed by atoms with van der Waals surface area (Å²) in [7, 11) is 0. The molecule has 0 saturated carbocycles. The van der Waals surface area contributed by atoms with Crippen LogP contribution < -0.4 is 10.3 Å². The number of nitrogens with zero attached hydrogens (tertiary/aromatic N) is 4. The van der Waals surface area contributed by atoms with E-state index in [1.165, 1.54) is 4.68 Å². The number of hydrogen-bond acceptors (Lipinski definition) is 5. The van der Waals surface area contributed by atoms with Gasteiger partial charge in [0.2, 0.25) is 0 Å². The molecule has 7 heteroatoms. The Bertz CT molecular complexity index is 1450. The van der Waals surface area contributed by atoms with Crippen molar-refractivity contribution in [1.82, 2.24) is 9.66 Å². The number of ether oxygens (including phenoxy) is 1. The summed E-state index contributed by atoms with van der Waals surface area (Å²) in [5.74, 6) is 1.17. The molecule has 3 aromatic carbocycles. The maximum atomic E-state index is 13.2. The van der Waals surface area contributed by atoms with Crippen LogP contribution in [0.5, 0.6) is 5.75 Å². The van der Waals surface area contributed by atoms with E-state index in [-0.39, 0.29) is 18.1 Å². The molecular weight excluding hydrogens is 480 g/mol. The molecule has 0 aliphatic rings. The molecule has 0 fully saturated rings. The predicted molar refractivity (Wildman–Crippen MR) is 133 cm³/mol. The second-order valence-electron chi connectivity index (χ2n) is 7.74. The van der Waals surface area contributed by atoms with Crippen LogP contribution >= 0.6 is 15.9 Å². The van der Waals surface area contributed by atoms with Gasteiger partial charge in [0.1, 0.15) is 18.2 Å². The molecule has 0 amide bonds. The van der Waals surface area contributed by atoms with Crippen molar-refractivity contribution in [3.05, 3.63) is 104 Å². The zero-order valence-corrected chi connectivity index (χ0v) is 19.8. The van der Waals surface area contributed by atoms with E-state index >= 15 is 0 Å². The summed E-state index contributed by atoms with van der Waals surface area (Å²) in [6.07, 6.45) is 1.60. The van der Waals surface area contributed by atoms with Crippen molar-refractivity contribution in [3.63, 3.8) is 0 Å². The molecule has 4 aromatic rings. The summed E-state index contributed by atoms with van der Waals surface area (Å²) in [6, 6.07) is 22.4. The first-order valence-electron chi connectivity index (χ1n) is 10.4. The predicted octanol–water partition coefficient (Wildman–Crippen LogP) is 5.62. The highest BCUT2D eigenvalue weighted by atomic mass is 79.9. The van der Waals surface area contributed by atoms with Gasteiger partial charge in [0.15, 0.2) is 0 Å². The summed E-state index contributed by atoms with van der Waals surface area (Å²) in [5.41, 5.74) is 2.49. The van der Waals surface area contributed by atoms with E-state index in [0.29, 0.717) is 33.6 Å². The molecule has 0 atom stereocenters. The fraction of sp³-hybridized carbons (Fsp3) is 0.154. The lowest BCUT2D eigenvalue weighted by atomic mass is 10.1. The maximum absolute atomic E-state index is 13.2. The van der Waals surface area contributed by atoms with Gasteiger partial charge < -0.3 is 4.74 Å². The molecular formula is C26H21BrN4O2. The highest BCUT2D eigenvalue weighted by Crippen LogP contribution is 2.21. The van der Waals surface area contributed by atoms with Crippen LogP contribution in [0.3, 0.4) is 0 Å². The number of rotatable bonds is 6. The quantitative estimate of drug-likeness (QED) is 0.322. The maximum Gasteiger partial charge on any atom is 0.282 e. The van der Waals surface area contributed by atoms with Gasteiger partial charge in [0.25, 0.3) is 5.56 Å². The average Bonchev–Trinajstić information content (AvgIpc) is 2.83. The topological polar surface area (TPSA) is 80.3 Å². The summed E-state index contributed by atoms with van der Waals surface area (Å²) in [4.78, 5) is 17.9. The molecule has 1 heterocycles. The molecule has 6 nitrogen and oxygen atoms in total. The van der Waals surface area contributed by atoms with E-state index in [1.54, 1.807) is 18.3 Å². The van der Waals surface area contributed by atoms with Crippen molar-refractivity contribution in [2.24, 2.45) is 5.10 Å². The number of benzene rings is 3. The van der Waals surface area contributed by atoms with Gasteiger partial charge in [-0.15, -0.1) is 0 Å². The molecule has 4 rings (SSSR count). The number of halogens is 1. The molecule has 33 heavy (non-hydrogen) atoms. The summed E-state index contributed by atoms with van der Waals surface area (Å²) in [5, 5.41) is 14.3. The number of hydrogen-bond donors (Lipinski definition) is 0. The Hall–Kier alpha value is -3.76. The zero-order chi connectivity index (χ0) is 23.4.